The minimum Gasteiger partial charge on any atom is -0.206 e. The summed E-state index contributed by atoms with van der Waals surface area (Å²) >= 11 is 3.04. The zero-order valence-electron chi connectivity index (χ0n) is 8.73. The zero-order valence-corrected chi connectivity index (χ0v) is 10.3. The molecule has 0 aromatic heterocycles. The van der Waals surface area contributed by atoms with Gasteiger partial charge in [0.15, 0.2) is 0 Å². The standard InChI is InChI=1S/C12H13BrF2/c1-3-8(2)4-5-10-11(14)6-9(13)7-12(10)15/h4-8H,3H2,1-2H3. The quantitative estimate of drug-likeness (QED) is 0.744. The average molecular weight is 275 g/mol. The number of hydrogen-bond donors (Lipinski definition) is 0. The van der Waals surface area contributed by atoms with E-state index in [4.69, 9.17) is 0 Å². The number of hydrogen-bond acceptors (Lipinski definition) is 0. The number of halogens is 3. The molecule has 1 rings (SSSR count). The van der Waals surface area contributed by atoms with E-state index in [2.05, 4.69) is 15.9 Å². The first-order chi connectivity index (χ1) is 7.04. The minimum atomic E-state index is -0.540. The van der Waals surface area contributed by atoms with E-state index in [1.807, 2.05) is 19.9 Å². The highest BCUT2D eigenvalue weighted by molar-refractivity contribution is 9.10. The van der Waals surface area contributed by atoms with Crippen molar-refractivity contribution in [1.82, 2.24) is 0 Å². The Balaban J connectivity index is 3.00. The van der Waals surface area contributed by atoms with Crippen LogP contribution in [0.25, 0.3) is 6.08 Å². The topological polar surface area (TPSA) is 0 Å². The van der Waals surface area contributed by atoms with Gasteiger partial charge in [0.05, 0.1) is 0 Å². The predicted octanol–water partition coefficient (Wildman–Crippen LogP) is 4.79. The van der Waals surface area contributed by atoms with Gasteiger partial charge in [-0.15, -0.1) is 0 Å². The van der Waals surface area contributed by atoms with Gasteiger partial charge in [0, 0.05) is 10.0 Å². The van der Waals surface area contributed by atoms with Crippen LogP contribution in [-0.2, 0) is 0 Å². The Morgan fingerprint density at radius 1 is 1.33 bits per heavy atom. The normalized spacial score (nSPS) is 13.4. The van der Waals surface area contributed by atoms with Crippen LogP contribution in [0.5, 0.6) is 0 Å². The number of allylic oxidation sites excluding steroid dienone is 1. The fourth-order valence-corrected chi connectivity index (χ4v) is 1.51. The third kappa shape index (κ3) is 3.42. The Bertz CT molecular complexity index is 349. The van der Waals surface area contributed by atoms with E-state index < -0.39 is 11.6 Å². The first kappa shape index (κ1) is 12.4. The molecule has 0 spiro atoms. The fourth-order valence-electron chi connectivity index (χ4n) is 1.11. The molecule has 0 N–H and O–H groups in total. The van der Waals surface area contributed by atoms with E-state index in [0.29, 0.717) is 10.4 Å². The molecule has 0 fully saturated rings. The van der Waals surface area contributed by atoms with E-state index in [1.54, 1.807) is 0 Å². The molecule has 3 heteroatoms. The average Bonchev–Trinajstić information content (AvgIpc) is 2.15. The van der Waals surface area contributed by atoms with Crippen LogP contribution in [0.3, 0.4) is 0 Å². The second-order valence-corrected chi connectivity index (χ2v) is 4.44. The van der Waals surface area contributed by atoms with Gasteiger partial charge in [0.1, 0.15) is 11.6 Å². The molecule has 0 aliphatic heterocycles. The first-order valence-corrected chi connectivity index (χ1v) is 5.66. The second kappa shape index (κ2) is 5.40. The maximum Gasteiger partial charge on any atom is 0.134 e. The predicted molar refractivity (Wildman–Crippen MR) is 62.5 cm³/mol. The lowest BCUT2D eigenvalue weighted by atomic mass is 10.1. The molecular formula is C12H13BrF2. The highest BCUT2D eigenvalue weighted by Gasteiger charge is 2.07. The maximum atomic E-state index is 13.3. The van der Waals surface area contributed by atoms with Crippen molar-refractivity contribution in [3.8, 4) is 0 Å². The summed E-state index contributed by atoms with van der Waals surface area (Å²) in [6, 6.07) is 2.53. The first-order valence-electron chi connectivity index (χ1n) is 4.87. The molecule has 0 nitrogen and oxygen atoms in total. The van der Waals surface area contributed by atoms with E-state index in [0.717, 1.165) is 6.42 Å². The van der Waals surface area contributed by atoms with Gasteiger partial charge in [0.2, 0.25) is 0 Å². The van der Waals surface area contributed by atoms with Gasteiger partial charge in [-0.1, -0.05) is 48.4 Å². The van der Waals surface area contributed by atoms with Crippen molar-refractivity contribution in [3.05, 3.63) is 39.9 Å². The Kier molecular flexibility index (Phi) is 4.45. The van der Waals surface area contributed by atoms with Crippen LogP contribution >= 0.6 is 15.9 Å². The van der Waals surface area contributed by atoms with Crippen molar-refractivity contribution < 1.29 is 8.78 Å². The number of benzene rings is 1. The van der Waals surface area contributed by atoms with Crippen LogP contribution in [-0.4, -0.2) is 0 Å². The third-order valence-corrected chi connectivity index (χ3v) is 2.74. The molecule has 0 aliphatic rings. The minimum absolute atomic E-state index is 0.0264. The molecule has 0 radical (unpaired) electrons. The molecule has 1 aromatic carbocycles. The second-order valence-electron chi connectivity index (χ2n) is 3.53. The van der Waals surface area contributed by atoms with Crippen LogP contribution < -0.4 is 0 Å². The molecule has 82 valence electrons. The summed E-state index contributed by atoms with van der Waals surface area (Å²) in [5.74, 6) is -0.754. The fraction of sp³-hybridized carbons (Fsp3) is 0.333. The van der Waals surface area contributed by atoms with Crippen LogP contribution in [0.2, 0.25) is 0 Å². The highest BCUT2D eigenvalue weighted by atomic mass is 79.9. The lowest BCUT2D eigenvalue weighted by molar-refractivity contribution is 0.576. The van der Waals surface area contributed by atoms with Gasteiger partial charge in [0.25, 0.3) is 0 Å². The molecule has 0 saturated carbocycles. The Labute approximate surface area is 97.1 Å². The number of rotatable bonds is 3. The van der Waals surface area contributed by atoms with Crippen LogP contribution in [0.1, 0.15) is 25.8 Å². The molecule has 0 heterocycles. The van der Waals surface area contributed by atoms with Crippen molar-refractivity contribution in [2.24, 2.45) is 5.92 Å². The molecule has 1 unspecified atom stereocenters. The van der Waals surface area contributed by atoms with Gasteiger partial charge in [-0.3, -0.25) is 0 Å². The maximum absolute atomic E-state index is 13.3. The SMILES string of the molecule is CCC(C)C=Cc1c(F)cc(Br)cc1F. The smallest absolute Gasteiger partial charge is 0.134 e. The zero-order chi connectivity index (χ0) is 11.4. The Hall–Kier alpha value is -0.700. The molecule has 0 amide bonds. The van der Waals surface area contributed by atoms with Crippen LogP contribution in [0.15, 0.2) is 22.7 Å². The van der Waals surface area contributed by atoms with Gasteiger partial charge in [-0.2, -0.15) is 0 Å². The highest BCUT2D eigenvalue weighted by Crippen LogP contribution is 2.21. The monoisotopic (exact) mass is 274 g/mol. The molecule has 1 aromatic rings. The van der Waals surface area contributed by atoms with E-state index in [9.17, 15) is 8.78 Å². The lowest BCUT2D eigenvalue weighted by Gasteiger charge is -2.03. The molecule has 0 saturated heterocycles. The molecule has 15 heavy (non-hydrogen) atoms. The molecule has 0 aliphatic carbocycles. The summed E-state index contributed by atoms with van der Waals surface area (Å²) in [5, 5.41) is 0. The van der Waals surface area contributed by atoms with E-state index in [1.165, 1.54) is 18.2 Å². The summed E-state index contributed by atoms with van der Waals surface area (Å²) in [4.78, 5) is 0. The van der Waals surface area contributed by atoms with Crippen LogP contribution in [0.4, 0.5) is 8.78 Å². The lowest BCUT2D eigenvalue weighted by Crippen LogP contribution is -1.90. The van der Waals surface area contributed by atoms with Gasteiger partial charge < -0.3 is 0 Å². The van der Waals surface area contributed by atoms with Crippen molar-refractivity contribution in [2.75, 3.05) is 0 Å². The van der Waals surface area contributed by atoms with Crippen molar-refractivity contribution in [2.45, 2.75) is 20.3 Å². The van der Waals surface area contributed by atoms with E-state index in [-0.39, 0.29) is 5.56 Å². The largest absolute Gasteiger partial charge is 0.206 e. The molecule has 0 bridgehead atoms. The molecular weight excluding hydrogens is 262 g/mol. The summed E-state index contributed by atoms with van der Waals surface area (Å²) in [7, 11) is 0. The van der Waals surface area contributed by atoms with E-state index >= 15 is 0 Å². The third-order valence-electron chi connectivity index (χ3n) is 2.28. The van der Waals surface area contributed by atoms with Gasteiger partial charge in [-0.25, -0.2) is 8.78 Å². The van der Waals surface area contributed by atoms with Crippen molar-refractivity contribution in [1.29, 1.82) is 0 Å². The van der Waals surface area contributed by atoms with Gasteiger partial charge in [-0.05, 0) is 18.1 Å². The summed E-state index contributed by atoms with van der Waals surface area (Å²) in [6.45, 7) is 4.04. The summed E-state index contributed by atoms with van der Waals surface area (Å²) in [5.41, 5.74) is 0.0264. The van der Waals surface area contributed by atoms with Crippen molar-refractivity contribution >= 4 is 22.0 Å². The Morgan fingerprint density at radius 3 is 2.33 bits per heavy atom. The Morgan fingerprint density at radius 2 is 1.87 bits per heavy atom. The molecule has 1 atom stereocenters. The van der Waals surface area contributed by atoms with Crippen molar-refractivity contribution in [3.63, 3.8) is 0 Å². The summed E-state index contributed by atoms with van der Waals surface area (Å²) < 4.78 is 27.1. The summed E-state index contributed by atoms with van der Waals surface area (Å²) in [6.07, 6.45) is 4.27. The van der Waals surface area contributed by atoms with Gasteiger partial charge >= 0.3 is 0 Å². The van der Waals surface area contributed by atoms with Crippen LogP contribution in [0, 0.1) is 17.6 Å².